The number of hydrogen-bond donors (Lipinski definition) is 0. The molecule has 0 radical (unpaired) electrons. The monoisotopic (exact) mass is 273 g/mol. The van der Waals surface area contributed by atoms with Gasteiger partial charge in [-0.3, -0.25) is 0 Å². The fourth-order valence-electron chi connectivity index (χ4n) is 2.32. The second kappa shape index (κ2) is 4.85. The fraction of sp³-hybridized carbons (Fsp3) is 0.500. The number of hydrogen-bond acceptors (Lipinski definition) is 3. The van der Waals surface area contributed by atoms with Crippen LogP contribution >= 0.6 is 0 Å². The van der Waals surface area contributed by atoms with Gasteiger partial charge >= 0.3 is 10.4 Å². The molecule has 0 saturated carbocycles. The average Bonchev–Trinajstić information content (AvgIpc) is 2.48. The van der Waals surface area contributed by atoms with E-state index in [2.05, 4.69) is 0 Å². The Bertz CT molecular complexity index is 544. The van der Waals surface area contributed by atoms with Crippen molar-refractivity contribution in [2.75, 3.05) is 20.2 Å². The molecule has 0 saturated heterocycles. The number of fused-ring (bicyclic) bond motifs is 1. The first-order chi connectivity index (χ1) is 8.41. The van der Waals surface area contributed by atoms with Crippen LogP contribution in [0.3, 0.4) is 0 Å². The van der Waals surface area contributed by atoms with Gasteiger partial charge in [0.25, 0.3) is 0 Å². The van der Waals surface area contributed by atoms with Crippen molar-refractivity contribution in [3.63, 3.8) is 0 Å². The zero-order chi connectivity index (χ0) is 13.3. The lowest BCUT2D eigenvalue weighted by molar-refractivity contribution is 0.380. The van der Waals surface area contributed by atoms with Crippen LogP contribution in [0.4, 0.5) is 3.89 Å². The third kappa shape index (κ3) is 2.64. The van der Waals surface area contributed by atoms with E-state index >= 15 is 0 Å². The van der Waals surface area contributed by atoms with E-state index in [-0.39, 0.29) is 19.0 Å². The summed E-state index contributed by atoms with van der Waals surface area (Å²) < 4.78 is 41.1. The molecule has 1 heterocycles. The summed E-state index contributed by atoms with van der Waals surface area (Å²) in [5, 5.41) is 0. The molecule has 4 nitrogen and oxygen atoms in total. The van der Waals surface area contributed by atoms with E-state index in [4.69, 9.17) is 4.74 Å². The summed E-state index contributed by atoms with van der Waals surface area (Å²) in [5.41, 5.74) is 2.08. The fourth-order valence-corrected chi connectivity index (χ4v) is 3.04. The maximum atomic E-state index is 13.1. The van der Waals surface area contributed by atoms with E-state index in [1.165, 1.54) is 0 Å². The second-order valence-electron chi connectivity index (χ2n) is 4.52. The summed E-state index contributed by atoms with van der Waals surface area (Å²) in [7, 11) is -3.03. The molecule has 100 valence electrons. The first-order valence-corrected chi connectivity index (χ1v) is 7.12. The number of nitrogens with zero attached hydrogens (tertiary/aromatic N) is 1. The molecule has 6 heteroatoms. The van der Waals surface area contributed by atoms with E-state index in [9.17, 15) is 12.3 Å². The summed E-state index contributed by atoms with van der Waals surface area (Å²) >= 11 is 0. The van der Waals surface area contributed by atoms with Crippen LogP contribution in [0.15, 0.2) is 18.2 Å². The van der Waals surface area contributed by atoms with Crippen LogP contribution < -0.4 is 4.74 Å². The van der Waals surface area contributed by atoms with Gasteiger partial charge in [0.2, 0.25) is 0 Å². The molecule has 0 N–H and O–H groups in total. The predicted octanol–water partition coefficient (Wildman–Crippen LogP) is 1.87. The SMILES string of the molecule is COc1ccc2c(c1)C(C)CN(S(=O)(=O)F)CC2. The van der Waals surface area contributed by atoms with Crippen molar-refractivity contribution in [2.45, 2.75) is 19.3 Å². The summed E-state index contributed by atoms with van der Waals surface area (Å²) in [6, 6.07) is 5.65. The second-order valence-corrected chi connectivity index (χ2v) is 5.86. The van der Waals surface area contributed by atoms with Crippen LogP contribution in [0, 0.1) is 0 Å². The zero-order valence-corrected chi connectivity index (χ0v) is 11.2. The molecular formula is C12H16FNO3S. The number of rotatable bonds is 2. The quantitative estimate of drug-likeness (QED) is 0.773. The largest absolute Gasteiger partial charge is 0.497 e. The molecule has 1 aliphatic rings. The summed E-state index contributed by atoms with van der Waals surface area (Å²) in [4.78, 5) is 0. The van der Waals surface area contributed by atoms with Gasteiger partial charge in [0, 0.05) is 13.1 Å². The standard InChI is InChI=1S/C12H16FNO3S/c1-9-8-14(18(13,15)16)6-5-10-3-4-11(17-2)7-12(9)10/h3-4,7,9H,5-6,8H2,1-2H3. The molecule has 1 aromatic rings. The Balaban J connectivity index is 2.35. The number of benzene rings is 1. The Labute approximate surface area is 107 Å². The van der Waals surface area contributed by atoms with Gasteiger partial charge in [0.15, 0.2) is 0 Å². The van der Waals surface area contributed by atoms with Gasteiger partial charge in [-0.2, -0.15) is 12.7 Å². The zero-order valence-electron chi connectivity index (χ0n) is 10.4. The van der Waals surface area contributed by atoms with Crippen molar-refractivity contribution >= 4 is 10.4 Å². The lowest BCUT2D eigenvalue weighted by Crippen LogP contribution is -2.31. The third-order valence-corrected chi connectivity index (χ3v) is 4.25. The number of methoxy groups -OCH3 is 1. The average molecular weight is 273 g/mol. The molecule has 1 unspecified atom stereocenters. The van der Waals surface area contributed by atoms with Gasteiger partial charge < -0.3 is 4.74 Å². The third-order valence-electron chi connectivity index (χ3n) is 3.30. The van der Waals surface area contributed by atoms with Crippen LogP contribution in [-0.2, 0) is 16.8 Å². The van der Waals surface area contributed by atoms with Crippen LogP contribution in [0.5, 0.6) is 5.75 Å². The van der Waals surface area contributed by atoms with Crippen LogP contribution in [0.1, 0.15) is 24.0 Å². The van der Waals surface area contributed by atoms with Gasteiger partial charge in [-0.25, -0.2) is 0 Å². The Morgan fingerprint density at radius 2 is 2.17 bits per heavy atom. The van der Waals surface area contributed by atoms with Crippen molar-refractivity contribution < 1.29 is 17.0 Å². The molecule has 0 spiro atoms. The van der Waals surface area contributed by atoms with Gasteiger partial charge in [0.05, 0.1) is 7.11 Å². The highest BCUT2D eigenvalue weighted by Gasteiger charge is 2.27. The van der Waals surface area contributed by atoms with Crippen molar-refractivity contribution in [1.29, 1.82) is 0 Å². The van der Waals surface area contributed by atoms with Crippen LogP contribution in [-0.4, -0.2) is 32.9 Å². The highest BCUT2D eigenvalue weighted by molar-refractivity contribution is 7.83. The molecule has 18 heavy (non-hydrogen) atoms. The minimum absolute atomic E-state index is 0.0527. The first kappa shape index (κ1) is 13.3. The minimum atomic E-state index is -4.61. The van der Waals surface area contributed by atoms with Gasteiger partial charge in [-0.05, 0) is 35.6 Å². The molecule has 0 bridgehead atoms. The molecular weight excluding hydrogens is 257 g/mol. The summed E-state index contributed by atoms with van der Waals surface area (Å²) in [6.45, 7) is 2.24. The van der Waals surface area contributed by atoms with E-state index in [1.54, 1.807) is 7.11 Å². The predicted molar refractivity (Wildman–Crippen MR) is 66.7 cm³/mol. The highest BCUT2D eigenvalue weighted by Crippen LogP contribution is 2.29. The van der Waals surface area contributed by atoms with Crippen molar-refractivity contribution in [3.05, 3.63) is 29.3 Å². The number of halogens is 1. The Morgan fingerprint density at radius 3 is 2.78 bits per heavy atom. The topological polar surface area (TPSA) is 46.6 Å². The maximum Gasteiger partial charge on any atom is 0.374 e. The van der Waals surface area contributed by atoms with Crippen LogP contribution in [0.2, 0.25) is 0 Å². The smallest absolute Gasteiger partial charge is 0.374 e. The van der Waals surface area contributed by atoms with Crippen molar-refractivity contribution in [3.8, 4) is 5.75 Å². The van der Waals surface area contributed by atoms with Gasteiger partial charge in [-0.15, -0.1) is 0 Å². The Kier molecular flexibility index (Phi) is 3.59. The molecule has 1 atom stereocenters. The maximum absolute atomic E-state index is 13.1. The molecule has 0 aromatic heterocycles. The lowest BCUT2D eigenvalue weighted by Gasteiger charge is -2.17. The van der Waals surface area contributed by atoms with E-state index in [0.717, 1.165) is 21.2 Å². The summed E-state index contributed by atoms with van der Waals surface area (Å²) in [5.74, 6) is 0.681. The van der Waals surface area contributed by atoms with Crippen molar-refractivity contribution in [2.24, 2.45) is 0 Å². The highest BCUT2D eigenvalue weighted by atomic mass is 32.3. The molecule has 0 fully saturated rings. The Morgan fingerprint density at radius 1 is 1.44 bits per heavy atom. The summed E-state index contributed by atoms with van der Waals surface area (Å²) in [6.07, 6.45) is 0.521. The van der Waals surface area contributed by atoms with E-state index in [0.29, 0.717) is 6.42 Å². The van der Waals surface area contributed by atoms with E-state index in [1.807, 2.05) is 25.1 Å². The number of ether oxygens (including phenoxy) is 1. The normalized spacial score (nSPS) is 21.2. The molecule has 0 amide bonds. The molecule has 1 aliphatic heterocycles. The molecule has 2 rings (SSSR count). The first-order valence-electron chi connectivity index (χ1n) is 5.78. The van der Waals surface area contributed by atoms with Crippen LogP contribution in [0.25, 0.3) is 0 Å². The van der Waals surface area contributed by atoms with Gasteiger partial charge in [-0.1, -0.05) is 16.9 Å². The minimum Gasteiger partial charge on any atom is -0.497 e. The van der Waals surface area contributed by atoms with Crippen molar-refractivity contribution in [1.82, 2.24) is 4.31 Å². The van der Waals surface area contributed by atoms with Gasteiger partial charge in [0.1, 0.15) is 5.75 Å². The van der Waals surface area contributed by atoms with E-state index < -0.39 is 10.4 Å². The Hall–Kier alpha value is -1.14. The lowest BCUT2D eigenvalue weighted by atomic mass is 9.95. The molecule has 0 aliphatic carbocycles. The molecule has 1 aromatic carbocycles.